The van der Waals surface area contributed by atoms with Gasteiger partial charge in [0.2, 0.25) is 10.0 Å². The Morgan fingerprint density at radius 3 is 2.44 bits per heavy atom. The molecule has 0 unspecified atom stereocenters. The number of sulfonamides is 1. The minimum atomic E-state index is -3.36. The van der Waals surface area contributed by atoms with Gasteiger partial charge in [-0.2, -0.15) is 0 Å². The van der Waals surface area contributed by atoms with Gasteiger partial charge in [0.1, 0.15) is 0 Å². The Kier molecular flexibility index (Phi) is 6.16. The van der Waals surface area contributed by atoms with E-state index in [9.17, 15) is 13.2 Å². The number of amides is 1. The van der Waals surface area contributed by atoms with Gasteiger partial charge in [0.05, 0.1) is 6.26 Å². The van der Waals surface area contributed by atoms with E-state index in [1.165, 1.54) is 5.56 Å². The topological polar surface area (TPSA) is 66.5 Å². The molecule has 0 aliphatic carbocycles. The van der Waals surface area contributed by atoms with E-state index in [0.717, 1.165) is 45.0 Å². The minimum Gasteiger partial charge on any atom is -0.339 e. The number of rotatable bonds is 6. The number of benzene rings is 2. The predicted octanol–water partition coefficient (Wildman–Crippen LogP) is 3.54. The van der Waals surface area contributed by atoms with Crippen molar-refractivity contribution in [3.8, 4) is 0 Å². The molecular formula is C21H26N2O3S. The highest BCUT2D eigenvalue weighted by Crippen LogP contribution is 2.24. The van der Waals surface area contributed by atoms with Crippen LogP contribution in [0.1, 0.15) is 35.2 Å². The summed E-state index contributed by atoms with van der Waals surface area (Å²) in [5.41, 5.74) is 2.30. The highest BCUT2D eigenvalue weighted by Gasteiger charge is 2.23. The van der Waals surface area contributed by atoms with Crippen LogP contribution in [0.2, 0.25) is 0 Å². The number of hydrogen-bond donors (Lipinski definition) is 1. The Balaban J connectivity index is 1.53. The van der Waals surface area contributed by atoms with Gasteiger partial charge in [-0.25, -0.2) is 8.42 Å². The third-order valence-corrected chi connectivity index (χ3v) is 5.61. The molecule has 1 heterocycles. The molecule has 1 aliphatic rings. The van der Waals surface area contributed by atoms with E-state index in [4.69, 9.17) is 0 Å². The molecule has 1 N–H and O–H groups in total. The first-order valence-corrected chi connectivity index (χ1v) is 11.2. The van der Waals surface area contributed by atoms with E-state index in [1.807, 2.05) is 11.0 Å². The average Bonchev–Trinajstić information content (AvgIpc) is 2.66. The smallest absolute Gasteiger partial charge is 0.253 e. The van der Waals surface area contributed by atoms with E-state index in [2.05, 4.69) is 29.0 Å². The summed E-state index contributed by atoms with van der Waals surface area (Å²) in [6.07, 6.45) is 5.36. The third-order valence-electron chi connectivity index (χ3n) is 5.00. The molecule has 1 amide bonds. The first-order valence-electron chi connectivity index (χ1n) is 9.32. The molecule has 0 atom stereocenters. The van der Waals surface area contributed by atoms with Crippen LogP contribution < -0.4 is 4.72 Å². The molecule has 27 heavy (non-hydrogen) atoms. The van der Waals surface area contributed by atoms with E-state index < -0.39 is 10.0 Å². The number of aryl methyl sites for hydroxylation is 1. The summed E-state index contributed by atoms with van der Waals surface area (Å²) >= 11 is 0. The average molecular weight is 387 g/mol. The summed E-state index contributed by atoms with van der Waals surface area (Å²) in [7, 11) is -3.36. The van der Waals surface area contributed by atoms with Crippen molar-refractivity contribution in [2.24, 2.45) is 5.92 Å². The molecule has 0 radical (unpaired) electrons. The van der Waals surface area contributed by atoms with Gasteiger partial charge in [0.15, 0.2) is 0 Å². The van der Waals surface area contributed by atoms with Crippen molar-refractivity contribution < 1.29 is 13.2 Å². The highest BCUT2D eigenvalue weighted by molar-refractivity contribution is 7.92. The Morgan fingerprint density at radius 2 is 1.78 bits per heavy atom. The van der Waals surface area contributed by atoms with Gasteiger partial charge in [-0.05, 0) is 55.4 Å². The van der Waals surface area contributed by atoms with Crippen LogP contribution in [0.5, 0.6) is 0 Å². The van der Waals surface area contributed by atoms with Crippen LogP contribution in [0.15, 0.2) is 54.6 Å². The molecule has 0 aromatic heterocycles. The second-order valence-electron chi connectivity index (χ2n) is 7.21. The number of nitrogens with one attached hydrogen (secondary N) is 1. The van der Waals surface area contributed by atoms with E-state index >= 15 is 0 Å². The first-order chi connectivity index (χ1) is 12.9. The molecule has 2 aromatic carbocycles. The highest BCUT2D eigenvalue weighted by atomic mass is 32.2. The molecule has 1 aliphatic heterocycles. The molecule has 144 valence electrons. The summed E-state index contributed by atoms with van der Waals surface area (Å²) in [5.74, 6) is 0.612. The van der Waals surface area contributed by atoms with Crippen molar-refractivity contribution in [3.63, 3.8) is 0 Å². The molecule has 0 spiro atoms. The van der Waals surface area contributed by atoms with Crippen LogP contribution in [-0.4, -0.2) is 38.6 Å². The van der Waals surface area contributed by atoms with Crippen molar-refractivity contribution in [1.82, 2.24) is 4.90 Å². The maximum atomic E-state index is 12.8. The van der Waals surface area contributed by atoms with Gasteiger partial charge in [-0.1, -0.05) is 36.4 Å². The molecule has 2 aromatic rings. The third kappa shape index (κ3) is 5.82. The van der Waals surface area contributed by atoms with Gasteiger partial charge in [0, 0.05) is 24.3 Å². The summed E-state index contributed by atoms with van der Waals surface area (Å²) in [5, 5.41) is 0. The van der Waals surface area contributed by atoms with Gasteiger partial charge < -0.3 is 4.90 Å². The normalized spacial score (nSPS) is 15.5. The van der Waals surface area contributed by atoms with E-state index in [0.29, 0.717) is 17.2 Å². The minimum absolute atomic E-state index is 0.0336. The molecule has 1 fully saturated rings. The second-order valence-corrected chi connectivity index (χ2v) is 8.96. The van der Waals surface area contributed by atoms with Crippen molar-refractivity contribution in [1.29, 1.82) is 0 Å². The largest absolute Gasteiger partial charge is 0.339 e. The number of carbonyl (C=O) groups is 1. The summed E-state index contributed by atoms with van der Waals surface area (Å²) < 4.78 is 25.2. The Hall–Kier alpha value is -2.34. The van der Waals surface area contributed by atoms with E-state index in [-0.39, 0.29) is 5.91 Å². The van der Waals surface area contributed by atoms with Crippen molar-refractivity contribution >= 4 is 21.6 Å². The lowest BCUT2D eigenvalue weighted by atomic mass is 9.90. The number of anilines is 1. The zero-order valence-corrected chi connectivity index (χ0v) is 16.4. The zero-order valence-electron chi connectivity index (χ0n) is 15.6. The molecule has 1 saturated heterocycles. The zero-order chi connectivity index (χ0) is 19.3. The summed E-state index contributed by atoms with van der Waals surface area (Å²) in [6.45, 7) is 1.50. The van der Waals surface area contributed by atoms with Crippen LogP contribution in [0.4, 0.5) is 5.69 Å². The van der Waals surface area contributed by atoms with Crippen LogP contribution in [0, 0.1) is 5.92 Å². The van der Waals surface area contributed by atoms with Crippen molar-refractivity contribution in [3.05, 3.63) is 65.7 Å². The summed E-state index contributed by atoms with van der Waals surface area (Å²) in [4.78, 5) is 14.6. The van der Waals surface area contributed by atoms with Crippen molar-refractivity contribution in [2.75, 3.05) is 24.1 Å². The number of hydrogen-bond acceptors (Lipinski definition) is 3. The monoisotopic (exact) mass is 386 g/mol. The first kappa shape index (κ1) is 19.4. The van der Waals surface area contributed by atoms with Crippen LogP contribution in [0.3, 0.4) is 0 Å². The lowest BCUT2D eigenvalue weighted by Crippen LogP contribution is -2.38. The Morgan fingerprint density at radius 1 is 1.07 bits per heavy atom. The lowest BCUT2D eigenvalue weighted by Gasteiger charge is -2.32. The van der Waals surface area contributed by atoms with Gasteiger partial charge >= 0.3 is 0 Å². The Bertz CT molecular complexity index is 873. The fourth-order valence-electron chi connectivity index (χ4n) is 3.55. The van der Waals surface area contributed by atoms with Gasteiger partial charge in [-0.3, -0.25) is 9.52 Å². The Labute approximate surface area is 161 Å². The lowest BCUT2D eigenvalue weighted by molar-refractivity contribution is 0.0687. The second kappa shape index (κ2) is 8.57. The van der Waals surface area contributed by atoms with Gasteiger partial charge in [0.25, 0.3) is 5.91 Å². The molecular weight excluding hydrogens is 360 g/mol. The molecule has 0 saturated carbocycles. The number of likely N-dealkylation sites (tertiary alicyclic amines) is 1. The van der Waals surface area contributed by atoms with Crippen molar-refractivity contribution in [2.45, 2.75) is 25.7 Å². The maximum Gasteiger partial charge on any atom is 0.253 e. The number of piperidine rings is 1. The number of carbonyl (C=O) groups excluding carboxylic acids is 1. The van der Waals surface area contributed by atoms with E-state index in [1.54, 1.807) is 24.3 Å². The predicted molar refractivity (Wildman–Crippen MR) is 108 cm³/mol. The maximum absolute atomic E-state index is 12.8. The van der Waals surface area contributed by atoms with Crippen LogP contribution >= 0.6 is 0 Å². The molecule has 0 bridgehead atoms. The fourth-order valence-corrected chi connectivity index (χ4v) is 4.11. The van der Waals surface area contributed by atoms with Crippen LogP contribution in [0.25, 0.3) is 0 Å². The molecule has 5 nitrogen and oxygen atoms in total. The standard InChI is InChI=1S/C21H26N2O3S/c1-27(25,26)22-20-9-5-8-19(16-20)21(24)23-14-12-18(13-15-23)11-10-17-6-3-2-4-7-17/h2-9,16,18,22H,10-15H2,1H3. The summed E-state index contributed by atoms with van der Waals surface area (Å²) in [6, 6.07) is 17.2. The fraction of sp³-hybridized carbons (Fsp3) is 0.381. The van der Waals surface area contributed by atoms with Gasteiger partial charge in [-0.15, -0.1) is 0 Å². The molecule has 3 rings (SSSR count). The molecule has 6 heteroatoms. The SMILES string of the molecule is CS(=O)(=O)Nc1cccc(C(=O)N2CCC(CCc3ccccc3)CC2)c1. The number of nitrogens with zero attached hydrogens (tertiary/aromatic N) is 1. The van der Waals surface area contributed by atoms with Crippen LogP contribution in [-0.2, 0) is 16.4 Å². The quantitative estimate of drug-likeness (QED) is 0.826.